The van der Waals surface area contributed by atoms with Crippen molar-refractivity contribution in [3.05, 3.63) is 77.4 Å². The predicted octanol–water partition coefficient (Wildman–Crippen LogP) is 3.41. The van der Waals surface area contributed by atoms with Crippen molar-refractivity contribution in [3.8, 4) is 22.6 Å². The normalized spacial score (nSPS) is 14.3. The summed E-state index contributed by atoms with van der Waals surface area (Å²) >= 11 is 0. The van der Waals surface area contributed by atoms with Crippen LogP contribution in [0, 0.1) is 0 Å². The van der Waals surface area contributed by atoms with Gasteiger partial charge in [0.1, 0.15) is 13.2 Å². The first-order valence-electron chi connectivity index (χ1n) is 11.0. The van der Waals surface area contributed by atoms with Gasteiger partial charge in [0.25, 0.3) is 5.91 Å². The zero-order valence-electron chi connectivity index (χ0n) is 17.8. The van der Waals surface area contributed by atoms with Crippen LogP contribution in [0.1, 0.15) is 21.5 Å². The van der Waals surface area contributed by atoms with Crippen molar-refractivity contribution in [1.29, 1.82) is 0 Å². The fourth-order valence-corrected chi connectivity index (χ4v) is 4.36. The largest absolute Gasteiger partial charge is 0.486 e. The summed E-state index contributed by atoms with van der Waals surface area (Å²) in [4.78, 5) is 15.1. The summed E-state index contributed by atoms with van der Waals surface area (Å²) in [6.45, 7) is 3.12. The predicted molar refractivity (Wildman–Crippen MR) is 123 cm³/mol. The van der Waals surface area contributed by atoms with Crippen molar-refractivity contribution in [2.75, 3.05) is 37.8 Å². The number of carbonyl (C=O) groups excluding carboxylic acids is 1. The molecule has 0 aliphatic carbocycles. The van der Waals surface area contributed by atoms with Crippen LogP contribution < -0.4 is 19.7 Å². The van der Waals surface area contributed by atoms with E-state index in [1.807, 2.05) is 53.4 Å². The number of anilines is 1. The van der Waals surface area contributed by atoms with Crippen LogP contribution in [0.2, 0.25) is 0 Å². The number of aliphatic hydroxyl groups is 1. The molecule has 0 aromatic heterocycles. The minimum atomic E-state index is 0.0120. The number of nitrogens with zero attached hydrogens (tertiary/aromatic N) is 1. The van der Waals surface area contributed by atoms with Gasteiger partial charge in [0.2, 0.25) is 0 Å². The Bertz CT molecular complexity index is 1130. The number of carbonyl (C=O) groups is 1. The number of hydrogen-bond donors (Lipinski definition) is 2. The number of nitrogens with one attached hydrogen (secondary N) is 1. The second-order valence-corrected chi connectivity index (χ2v) is 7.97. The van der Waals surface area contributed by atoms with Crippen LogP contribution in [0.3, 0.4) is 0 Å². The zero-order chi connectivity index (χ0) is 21.9. The third-order valence-electron chi connectivity index (χ3n) is 5.94. The van der Waals surface area contributed by atoms with Gasteiger partial charge in [-0.1, -0.05) is 30.3 Å². The third-order valence-corrected chi connectivity index (χ3v) is 5.94. The molecular formula is C26H26N2O4. The molecule has 0 unspecified atom stereocenters. The average molecular weight is 431 g/mol. The Morgan fingerprint density at radius 3 is 2.62 bits per heavy atom. The Labute approximate surface area is 187 Å². The highest BCUT2D eigenvalue weighted by atomic mass is 16.6. The van der Waals surface area contributed by atoms with Gasteiger partial charge in [-0.05, 0) is 59.0 Å². The molecule has 0 bridgehead atoms. The molecule has 6 nitrogen and oxygen atoms in total. The van der Waals surface area contributed by atoms with Crippen molar-refractivity contribution >= 4 is 11.6 Å². The fourth-order valence-electron chi connectivity index (χ4n) is 4.36. The second-order valence-electron chi connectivity index (χ2n) is 7.97. The molecule has 2 N–H and O–H groups in total. The molecule has 2 aliphatic heterocycles. The number of benzene rings is 3. The van der Waals surface area contributed by atoms with Crippen LogP contribution in [0.25, 0.3) is 11.1 Å². The van der Waals surface area contributed by atoms with Gasteiger partial charge in [-0.15, -0.1) is 0 Å². The molecule has 2 heterocycles. The van der Waals surface area contributed by atoms with Gasteiger partial charge in [-0.25, -0.2) is 0 Å². The van der Waals surface area contributed by atoms with Crippen molar-refractivity contribution in [2.24, 2.45) is 0 Å². The van der Waals surface area contributed by atoms with E-state index in [2.05, 4.69) is 17.4 Å². The van der Waals surface area contributed by atoms with Crippen molar-refractivity contribution < 1.29 is 19.4 Å². The maximum atomic E-state index is 13.3. The quantitative estimate of drug-likeness (QED) is 0.587. The summed E-state index contributed by atoms with van der Waals surface area (Å²) in [6.07, 6.45) is 0.814. The Morgan fingerprint density at radius 2 is 1.81 bits per heavy atom. The molecule has 2 aliphatic rings. The lowest BCUT2D eigenvalue weighted by molar-refractivity contribution is 0.0989. The lowest BCUT2D eigenvalue weighted by atomic mass is 9.97. The molecule has 6 heteroatoms. The highest BCUT2D eigenvalue weighted by Crippen LogP contribution is 2.40. The summed E-state index contributed by atoms with van der Waals surface area (Å²) in [5.74, 6) is 1.56. The van der Waals surface area contributed by atoms with E-state index in [4.69, 9.17) is 14.6 Å². The summed E-state index contributed by atoms with van der Waals surface area (Å²) in [6, 6.07) is 19.8. The molecule has 0 fully saturated rings. The third kappa shape index (κ3) is 3.95. The average Bonchev–Trinajstić information content (AvgIpc) is 3.28. The Kier molecular flexibility index (Phi) is 5.79. The number of rotatable bonds is 6. The van der Waals surface area contributed by atoms with Crippen LogP contribution in [0.15, 0.2) is 60.7 Å². The Morgan fingerprint density at radius 1 is 1.00 bits per heavy atom. The van der Waals surface area contributed by atoms with E-state index >= 15 is 0 Å². The molecule has 3 aromatic rings. The molecule has 0 atom stereocenters. The minimum absolute atomic E-state index is 0.0120. The number of hydrogen-bond acceptors (Lipinski definition) is 5. The van der Waals surface area contributed by atoms with Gasteiger partial charge < -0.3 is 24.8 Å². The fraction of sp³-hybridized carbons (Fsp3) is 0.269. The first-order valence-corrected chi connectivity index (χ1v) is 11.0. The standard InChI is InChI=1S/C26H26N2O4/c29-13-11-27-17-18-4-6-19(7-5-18)26(30)28-12-10-22-21(2-1-3-23(22)28)20-8-9-24-25(16-20)32-15-14-31-24/h1-9,16,27,29H,10-15,17H2. The summed E-state index contributed by atoms with van der Waals surface area (Å²) in [5, 5.41) is 12.0. The van der Waals surface area contributed by atoms with Crippen molar-refractivity contribution in [3.63, 3.8) is 0 Å². The molecular weight excluding hydrogens is 404 g/mol. The topological polar surface area (TPSA) is 71.0 Å². The highest BCUT2D eigenvalue weighted by Gasteiger charge is 2.28. The zero-order valence-corrected chi connectivity index (χ0v) is 17.8. The smallest absolute Gasteiger partial charge is 0.258 e. The Balaban J connectivity index is 1.38. The Hall–Kier alpha value is -3.35. The number of fused-ring (bicyclic) bond motifs is 2. The molecule has 3 aromatic carbocycles. The van der Waals surface area contributed by atoms with Gasteiger partial charge in [0, 0.05) is 30.9 Å². The van der Waals surface area contributed by atoms with E-state index in [9.17, 15) is 4.79 Å². The monoisotopic (exact) mass is 430 g/mol. The maximum absolute atomic E-state index is 13.3. The van der Waals surface area contributed by atoms with E-state index in [1.54, 1.807) is 0 Å². The molecule has 0 saturated heterocycles. The van der Waals surface area contributed by atoms with Crippen LogP contribution in [0.5, 0.6) is 11.5 Å². The molecule has 0 spiro atoms. The van der Waals surface area contributed by atoms with Gasteiger partial charge in [0.05, 0.1) is 6.61 Å². The summed E-state index contributed by atoms with van der Waals surface area (Å²) in [7, 11) is 0. The second kappa shape index (κ2) is 9.02. The van der Waals surface area contributed by atoms with Crippen LogP contribution >= 0.6 is 0 Å². The van der Waals surface area contributed by atoms with Gasteiger partial charge >= 0.3 is 0 Å². The molecule has 32 heavy (non-hydrogen) atoms. The lowest BCUT2D eigenvalue weighted by Crippen LogP contribution is -2.28. The molecule has 0 radical (unpaired) electrons. The van der Waals surface area contributed by atoms with Crippen LogP contribution in [-0.2, 0) is 13.0 Å². The lowest BCUT2D eigenvalue weighted by Gasteiger charge is -2.20. The molecule has 5 rings (SSSR count). The van der Waals surface area contributed by atoms with Crippen LogP contribution in [0.4, 0.5) is 5.69 Å². The van der Waals surface area contributed by atoms with Gasteiger partial charge in [-0.2, -0.15) is 0 Å². The van der Waals surface area contributed by atoms with E-state index < -0.39 is 0 Å². The van der Waals surface area contributed by atoms with E-state index in [1.165, 1.54) is 5.56 Å². The SMILES string of the molecule is O=C(c1ccc(CNCCO)cc1)N1CCc2c(-c3ccc4c(c3)OCCO4)cccc21. The first kappa shape index (κ1) is 20.5. The van der Waals surface area contributed by atoms with Crippen molar-refractivity contribution in [1.82, 2.24) is 5.32 Å². The number of ether oxygens (including phenoxy) is 2. The van der Waals surface area contributed by atoms with Gasteiger partial charge in [0.15, 0.2) is 11.5 Å². The number of aliphatic hydroxyl groups excluding tert-OH is 1. The maximum Gasteiger partial charge on any atom is 0.258 e. The van der Waals surface area contributed by atoms with E-state index in [-0.39, 0.29) is 12.5 Å². The number of amides is 1. The van der Waals surface area contributed by atoms with Crippen molar-refractivity contribution in [2.45, 2.75) is 13.0 Å². The van der Waals surface area contributed by atoms with Crippen LogP contribution in [-0.4, -0.2) is 43.9 Å². The highest BCUT2D eigenvalue weighted by molar-refractivity contribution is 6.08. The van der Waals surface area contributed by atoms with Gasteiger partial charge in [-0.3, -0.25) is 4.79 Å². The summed E-state index contributed by atoms with van der Waals surface area (Å²) in [5.41, 5.74) is 6.10. The van der Waals surface area contributed by atoms with E-state index in [0.717, 1.165) is 40.3 Å². The molecule has 0 saturated carbocycles. The minimum Gasteiger partial charge on any atom is -0.486 e. The summed E-state index contributed by atoms with van der Waals surface area (Å²) < 4.78 is 11.4. The first-order chi connectivity index (χ1) is 15.7. The molecule has 1 amide bonds. The van der Waals surface area contributed by atoms with E-state index in [0.29, 0.717) is 38.4 Å². The molecule has 164 valence electrons.